The van der Waals surface area contributed by atoms with Gasteiger partial charge >= 0.3 is 5.97 Å². The van der Waals surface area contributed by atoms with Gasteiger partial charge in [0.1, 0.15) is 0 Å². The van der Waals surface area contributed by atoms with Gasteiger partial charge in [0.2, 0.25) is 5.91 Å². The van der Waals surface area contributed by atoms with Crippen LogP contribution in [-0.4, -0.2) is 42.0 Å². The Bertz CT molecular complexity index is 532. The number of carboxylic acid groups (broad SMARTS) is 1. The maximum absolute atomic E-state index is 12.0. The Morgan fingerprint density at radius 2 is 2.05 bits per heavy atom. The number of carboxylic acids is 1. The van der Waals surface area contributed by atoms with Gasteiger partial charge in [-0.15, -0.1) is 11.8 Å². The zero-order valence-electron chi connectivity index (χ0n) is 12.7. The first-order valence-electron chi connectivity index (χ1n) is 6.52. The first-order chi connectivity index (χ1) is 9.78. The van der Waals surface area contributed by atoms with Crippen molar-refractivity contribution < 1.29 is 19.4 Å². The lowest BCUT2D eigenvalue weighted by atomic mass is 10.0. The van der Waals surface area contributed by atoms with E-state index in [1.54, 1.807) is 0 Å². The Morgan fingerprint density at radius 1 is 1.38 bits per heavy atom. The summed E-state index contributed by atoms with van der Waals surface area (Å²) < 4.78 is 4.86. The zero-order valence-corrected chi connectivity index (χ0v) is 13.5. The number of methoxy groups -OCH3 is 1. The summed E-state index contributed by atoms with van der Waals surface area (Å²) in [5, 5.41) is 11.7. The lowest BCUT2D eigenvalue weighted by Crippen LogP contribution is -2.55. The number of aryl methyl sites for hydroxylation is 2. The summed E-state index contributed by atoms with van der Waals surface area (Å²) in [7, 11) is 1.40. The molecule has 0 saturated heterocycles. The standard InChI is InChI=1S/C15H21NO4S/c1-10-5-6-11(2)12(7-10)21-8-13(17)16-15(3,9-20-4)14(18)19/h5-7H,8-9H2,1-4H3,(H,16,17)(H,18,19). The summed E-state index contributed by atoms with van der Waals surface area (Å²) in [5.41, 5.74) is 0.808. The molecule has 1 rings (SSSR count). The van der Waals surface area contributed by atoms with Crippen molar-refractivity contribution in [3.63, 3.8) is 0 Å². The normalized spacial score (nSPS) is 13.5. The van der Waals surface area contributed by atoms with E-state index in [4.69, 9.17) is 4.74 Å². The van der Waals surface area contributed by atoms with Gasteiger partial charge in [0.15, 0.2) is 5.54 Å². The minimum Gasteiger partial charge on any atom is -0.479 e. The summed E-state index contributed by atoms with van der Waals surface area (Å²) in [6.45, 7) is 5.32. The molecule has 0 aliphatic carbocycles. The highest BCUT2D eigenvalue weighted by atomic mass is 32.2. The highest BCUT2D eigenvalue weighted by molar-refractivity contribution is 8.00. The molecule has 1 aromatic carbocycles. The molecule has 0 aliphatic rings. The topological polar surface area (TPSA) is 75.6 Å². The van der Waals surface area contributed by atoms with Crippen LogP contribution >= 0.6 is 11.8 Å². The van der Waals surface area contributed by atoms with Crippen molar-refractivity contribution in [1.29, 1.82) is 0 Å². The molecule has 0 radical (unpaired) electrons. The number of benzene rings is 1. The molecular weight excluding hydrogens is 290 g/mol. The Kier molecular flexibility index (Phi) is 6.23. The highest BCUT2D eigenvalue weighted by Gasteiger charge is 2.34. The van der Waals surface area contributed by atoms with Gasteiger partial charge in [-0.2, -0.15) is 0 Å². The van der Waals surface area contributed by atoms with E-state index >= 15 is 0 Å². The third-order valence-electron chi connectivity index (χ3n) is 3.02. The van der Waals surface area contributed by atoms with Crippen molar-refractivity contribution >= 4 is 23.6 Å². The minimum atomic E-state index is -1.41. The van der Waals surface area contributed by atoms with Crippen LogP contribution in [0.3, 0.4) is 0 Å². The summed E-state index contributed by atoms with van der Waals surface area (Å²) >= 11 is 1.39. The van der Waals surface area contributed by atoms with Crippen molar-refractivity contribution in [1.82, 2.24) is 5.32 Å². The van der Waals surface area contributed by atoms with Gasteiger partial charge in [-0.05, 0) is 32.4 Å². The van der Waals surface area contributed by atoms with Crippen molar-refractivity contribution in [2.45, 2.75) is 31.2 Å². The van der Waals surface area contributed by atoms with Crippen LogP contribution < -0.4 is 5.32 Å². The van der Waals surface area contributed by atoms with Crippen molar-refractivity contribution in [2.75, 3.05) is 19.5 Å². The first-order valence-corrected chi connectivity index (χ1v) is 7.50. The largest absolute Gasteiger partial charge is 0.479 e. The number of hydrogen-bond donors (Lipinski definition) is 2. The molecule has 1 aromatic rings. The van der Waals surface area contributed by atoms with Gasteiger partial charge in [-0.25, -0.2) is 4.79 Å². The lowest BCUT2D eigenvalue weighted by molar-refractivity contribution is -0.148. The van der Waals surface area contributed by atoms with Crippen LogP contribution in [0.15, 0.2) is 23.1 Å². The van der Waals surface area contributed by atoms with E-state index in [0.717, 1.165) is 16.0 Å². The Hall–Kier alpha value is -1.53. The first kappa shape index (κ1) is 17.5. The number of carbonyl (C=O) groups is 2. The molecule has 1 amide bonds. The van der Waals surface area contributed by atoms with Crippen LogP contribution in [0.5, 0.6) is 0 Å². The van der Waals surface area contributed by atoms with E-state index in [-0.39, 0.29) is 18.3 Å². The molecule has 0 fully saturated rings. The second kappa shape index (κ2) is 7.47. The number of carbonyl (C=O) groups excluding carboxylic acids is 1. The Balaban J connectivity index is 2.65. The van der Waals surface area contributed by atoms with Gasteiger partial charge in [0.25, 0.3) is 0 Å². The zero-order chi connectivity index (χ0) is 16.0. The maximum atomic E-state index is 12.0. The van der Waals surface area contributed by atoms with Crippen LogP contribution in [0.1, 0.15) is 18.1 Å². The molecule has 0 spiro atoms. The quantitative estimate of drug-likeness (QED) is 0.753. The average molecular weight is 311 g/mol. The fourth-order valence-corrected chi connectivity index (χ4v) is 2.71. The van der Waals surface area contributed by atoms with Gasteiger partial charge in [-0.3, -0.25) is 4.79 Å². The molecule has 21 heavy (non-hydrogen) atoms. The number of rotatable bonds is 7. The molecule has 1 atom stereocenters. The van der Waals surface area contributed by atoms with E-state index in [0.29, 0.717) is 0 Å². The van der Waals surface area contributed by atoms with E-state index in [2.05, 4.69) is 5.32 Å². The van der Waals surface area contributed by atoms with Gasteiger partial charge in [0.05, 0.1) is 12.4 Å². The van der Waals surface area contributed by atoms with Crippen molar-refractivity contribution in [2.24, 2.45) is 0 Å². The molecular formula is C15H21NO4S. The summed E-state index contributed by atoms with van der Waals surface area (Å²) in [4.78, 5) is 24.2. The second-order valence-corrected chi connectivity index (χ2v) is 6.19. The SMILES string of the molecule is COCC(C)(NC(=O)CSc1cc(C)ccc1C)C(=O)O. The van der Waals surface area contributed by atoms with Crippen molar-refractivity contribution in [3.05, 3.63) is 29.3 Å². The number of hydrogen-bond acceptors (Lipinski definition) is 4. The Morgan fingerprint density at radius 3 is 2.62 bits per heavy atom. The second-order valence-electron chi connectivity index (χ2n) is 5.18. The molecule has 0 aromatic heterocycles. The average Bonchev–Trinajstić information content (AvgIpc) is 2.40. The third-order valence-corrected chi connectivity index (χ3v) is 4.18. The van der Waals surface area contributed by atoms with E-state index in [1.165, 1.54) is 25.8 Å². The minimum absolute atomic E-state index is 0.0811. The van der Waals surface area contributed by atoms with Crippen LogP contribution in [-0.2, 0) is 14.3 Å². The summed E-state index contributed by atoms with van der Waals surface area (Å²) in [6, 6.07) is 6.03. The fourth-order valence-electron chi connectivity index (χ4n) is 1.79. The Labute approximate surface area is 129 Å². The number of thioether (sulfide) groups is 1. The van der Waals surface area contributed by atoms with E-state index < -0.39 is 11.5 Å². The molecule has 6 heteroatoms. The van der Waals surface area contributed by atoms with E-state index in [1.807, 2.05) is 32.0 Å². The molecule has 2 N–H and O–H groups in total. The molecule has 116 valence electrons. The summed E-state index contributed by atoms with van der Waals surface area (Å²) in [6.07, 6.45) is 0. The molecule has 0 bridgehead atoms. The van der Waals surface area contributed by atoms with Crippen molar-refractivity contribution in [3.8, 4) is 0 Å². The number of amides is 1. The van der Waals surface area contributed by atoms with Crippen LogP contribution in [0.4, 0.5) is 0 Å². The highest BCUT2D eigenvalue weighted by Crippen LogP contribution is 2.23. The van der Waals surface area contributed by atoms with Gasteiger partial charge in [-0.1, -0.05) is 17.7 Å². The van der Waals surface area contributed by atoms with Crippen LogP contribution in [0.25, 0.3) is 0 Å². The molecule has 0 saturated carbocycles. The predicted molar refractivity (Wildman–Crippen MR) is 82.7 cm³/mol. The lowest BCUT2D eigenvalue weighted by Gasteiger charge is -2.25. The van der Waals surface area contributed by atoms with Crippen LogP contribution in [0, 0.1) is 13.8 Å². The monoisotopic (exact) mass is 311 g/mol. The predicted octanol–water partition coefficient (Wildman–Crippen LogP) is 2.00. The molecule has 0 heterocycles. The number of aliphatic carboxylic acids is 1. The number of ether oxygens (including phenoxy) is 1. The summed E-state index contributed by atoms with van der Waals surface area (Å²) in [5.74, 6) is -1.28. The maximum Gasteiger partial charge on any atom is 0.331 e. The fraction of sp³-hybridized carbons (Fsp3) is 0.467. The third kappa shape index (κ3) is 5.06. The smallest absolute Gasteiger partial charge is 0.331 e. The van der Waals surface area contributed by atoms with Gasteiger partial charge in [0, 0.05) is 12.0 Å². The van der Waals surface area contributed by atoms with Crippen LogP contribution in [0.2, 0.25) is 0 Å². The molecule has 0 aliphatic heterocycles. The van der Waals surface area contributed by atoms with Gasteiger partial charge < -0.3 is 15.2 Å². The molecule has 5 nitrogen and oxygen atoms in total. The molecule has 1 unspecified atom stereocenters. The number of nitrogens with one attached hydrogen (secondary N) is 1. The van der Waals surface area contributed by atoms with E-state index in [9.17, 15) is 14.7 Å².